The number of benzene rings is 4. The Hall–Kier alpha value is -3.63. The lowest BCUT2D eigenvalue weighted by Gasteiger charge is -2.07. The highest BCUT2D eigenvalue weighted by atomic mass is 35.5. The standard InChI is InChI=1S/C25H19ClN2O2/c26-22-12-8-18(9-13-22)17-30-23-14-10-20(11-15-23)25(29)28-27-16-21-6-3-5-19-4-1-2-7-24(19)21/h1-16H,17H2,(H,28,29). The van der Waals surface area contributed by atoms with Crippen LogP contribution in [0, 0.1) is 0 Å². The highest BCUT2D eigenvalue weighted by Gasteiger charge is 2.05. The zero-order chi connectivity index (χ0) is 20.8. The third-order valence-electron chi connectivity index (χ3n) is 4.63. The van der Waals surface area contributed by atoms with E-state index in [2.05, 4.69) is 10.5 Å². The van der Waals surface area contributed by atoms with Crippen molar-refractivity contribution in [3.63, 3.8) is 0 Å². The molecule has 4 aromatic carbocycles. The molecule has 4 aromatic rings. The van der Waals surface area contributed by atoms with Crippen LogP contribution in [-0.4, -0.2) is 12.1 Å². The average Bonchev–Trinajstić information content (AvgIpc) is 2.79. The second-order valence-corrected chi connectivity index (χ2v) is 7.14. The Morgan fingerprint density at radius 1 is 0.900 bits per heavy atom. The fourth-order valence-electron chi connectivity index (χ4n) is 3.04. The van der Waals surface area contributed by atoms with Crippen molar-refractivity contribution in [2.75, 3.05) is 0 Å². The minimum Gasteiger partial charge on any atom is -0.489 e. The Labute approximate surface area is 179 Å². The topological polar surface area (TPSA) is 50.7 Å². The van der Waals surface area contributed by atoms with Crippen LogP contribution in [0.25, 0.3) is 10.8 Å². The lowest BCUT2D eigenvalue weighted by atomic mass is 10.1. The fourth-order valence-corrected chi connectivity index (χ4v) is 3.16. The summed E-state index contributed by atoms with van der Waals surface area (Å²) in [6.45, 7) is 0.429. The number of carbonyl (C=O) groups is 1. The van der Waals surface area contributed by atoms with Gasteiger partial charge in [-0.2, -0.15) is 5.10 Å². The van der Waals surface area contributed by atoms with Gasteiger partial charge in [0.2, 0.25) is 0 Å². The molecule has 0 fully saturated rings. The number of rotatable bonds is 6. The van der Waals surface area contributed by atoms with Gasteiger partial charge in [0.15, 0.2) is 0 Å². The van der Waals surface area contributed by atoms with Crippen LogP contribution in [0.5, 0.6) is 5.75 Å². The van der Waals surface area contributed by atoms with Crippen molar-refractivity contribution in [3.8, 4) is 5.75 Å². The summed E-state index contributed by atoms with van der Waals surface area (Å²) in [6, 6.07) is 28.4. The van der Waals surface area contributed by atoms with Gasteiger partial charge in [-0.25, -0.2) is 5.43 Å². The number of carbonyl (C=O) groups excluding carboxylic acids is 1. The Morgan fingerprint density at radius 3 is 2.43 bits per heavy atom. The SMILES string of the molecule is O=C(NN=Cc1cccc2ccccc12)c1ccc(OCc2ccc(Cl)cc2)cc1. The second-order valence-electron chi connectivity index (χ2n) is 6.71. The maximum Gasteiger partial charge on any atom is 0.271 e. The van der Waals surface area contributed by atoms with Gasteiger partial charge in [0.25, 0.3) is 5.91 Å². The molecule has 1 N–H and O–H groups in total. The van der Waals surface area contributed by atoms with Gasteiger partial charge in [-0.05, 0) is 52.7 Å². The molecule has 0 aliphatic carbocycles. The Morgan fingerprint density at radius 2 is 1.63 bits per heavy atom. The molecule has 4 rings (SSSR count). The number of hydrazone groups is 1. The molecule has 30 heavy (non-hydrogen) atoms. The number of hydrogen-bond donors (Lipinski definition) is 1. The molecule has 0 aliphatic heterocycles. The van der Waals surface area contributed by atoms with Gasteiger partial charge in [0, 0.05) is 16.1 Å². The lowest BCUT2D eigenvalue weighted by Crippen LogP contribution is -2.17. The zero-order valence-corrected chi connectivity index (χ0v) is 16.8. The first kappa shape index (κ1) is 19.7. The predicted molar refractivity (Wildman–Crippen MR) is 121 cm³/mol. The summed E-state index contributed by atoms with van der Waals surface area (Å²) >= 11 is 5.88. The molecule has 1 amide bonds. The predicted octanol–water partition coefficient (Wildman–Crippen LogP) is 5.84. The first-order valence-electron chi connectivity index (χ1n) is 9.47. The van der Waals surface area contributed by atoms with E-state index in [-0.39, 0.29) is 5.91 Å². The summed E-state index contributed by atoms with van der Waals surface area (Å²) in [5.74, 6) is 0.400. The summed E-state index contributed by atoms with van der Waals surface area (Å²) in [5, 5.41) is 7.01. The van der Waals surface area contributed by atoms with Gasteiger partial charge in [-0.15, -0.1) is 0 Å². The summed E-state index contributed by atoms with van der Waals surface area (Å²) in [7, 11) is 0. The second kappa shape index (κ2) is 9.25. The van der Waals surface area contributed by atoms with E-state index < -0.39 is 0 Å². The van der Waals surface area contributed by atoms with Crippen LogP contribution in [0.1, 0.15) is 21.5 Å². The molecule has 0 aliphatic rings. The van der Waals surface area contributed by atoms with Crippen LogP contribution >= 0.6 is 11.6 Å². The molecule has 148 valence electrons. The van der Waals surface area contributed by atoms with E-state index in [0.717, 1.165) is 21.9 Å². The smallest absolute Gasteiger partial charge is 0.271 e. The van der Waals surface area contributed by atoms with Gasteiger partial charge in [-0.3, -0.25) is 4.79 Å². The summed E-state index contributed by atoms with van der Waals surface area (Å²) in [6.07, 6.45) is 1.66. The molecular formula is C25H19ClN2O2. The van der Waals surface area contributed by atoms with E-state index in [1.54, 1.807) is 30.5 Å². The average molecular weight is 415 g/mol. The molecular weight excluding hydrogens is 396 g/mol. The molecule has 5 heteroatoms. The highest BCUT2D eigenvalue weighted by Crippen LogP contribution is 2.17. The number of fused-ring (bicyclic) bond motifs is 1. The molecule has 0 spiro atoms. The normalized spacial score (nSPS) is 11.0. The van der Waals surface area contributed by atoms with Crippen molar-refractivity contribution in [3.05, 3.63) is 113 Å². The quantitative estimate of drug-likeness (QED) is 0.318. The van der Waals surface area contributed by atoms with E-state index >= 15 is 0 Å². The summed E-state index contributed by atoms with van der Waals surface area (Å²) in [5.41, 5.74) is 5.04. The molecule has 0 aromatic heterocycles. The van der Waals surface area contributed by atoms with Gasteiger partial charge >= 0.3 is 0 Å². The number of halogens is 1. The van der Waals surface area contributed by atoms with Crippen LogP contribution in [0.2, 0.25) is 5.02 Å². The van der Waals surface area contributed by atoms with Crippen LogP contribution < -0.4 is 10.2 Å². The molecule has 0 bridgehead atoms. The van der Waals surface area contributed by atoms with E-state index in [1.165, 1.54) is 0 Å². The number of nitrogens with zero attached hydrogens (tertiary/aromatic N) is 1. The minimum absolute atomic E-state index is 0.282. The summed E-state index contributed by atoms with van der Waals surface area (Å²) in [4.78, 5) is 12.3. The molecule has 0 heterocycles. The van der Waals surface area contributed by atoms with Crippen molar-refractivity contribution in [2.24, 2.45) is 5.10 Å². The van der Waals surface area contributed by atoms with Gasteiger partial charge < -0.3 is 4.74 Å². The highest BCUT2D eigenvalue weighted by molar-refractivity contribution is 6.30. The van der Waals surface area contributed by atoms with Crippen molar-refractivity contribution in [1.82, 2.24) is 5.43 Å². The van der Waals surface area contributed by atoms with E-state index in [1.807, 2.05) is 66.7 Å². The Bertz CT molecular complexity index is 1180. The van der Waals surface area contributed by atoms with E-state index in [9.17, 15) is 4.79 Å². The maximum absolute atomic E-state index is 12.3. The Kier molecular flexibility index (Phi) is 6.06. The molecule has 0 radical (unpaired) electrons. The summed E-state index contributed by atoms with van der Waals surface area (Å²) < 4.78 is 5.74. The largest absolute Gasteiger partial charge is 0.489 e. The van der Waals surface area contributed by atoms with E-state index in [0.29, 0.717) is 22.9 Å². The van der Waals surface area contributed by atoms with Crippen molar-refractivity contribution in [1.29, 1.82) is 0 Å². The molecule has 0 atom stereocenters. The number of nitrogens with one attached hydrogen (secondary N) is 1. The van der Waals surface area contributed by atoms with Crippen molar-refractivity contribution < 1.29 is 9.53 Å². The van der Waals surface area contributed by atoms with Gasteiger partial charge in [0.1, 0.15) is 12.4 Å². The molecule has 4 nitrogen and oxygen atoms in total. The third kappa shape index (κ3) is 4.85. The maximum atomic E-state index is 12.3. The van der Waals surface area contributed by atoms with Crippen LogP contribution in [0.4, 0.5) is 0 Å². The van der Waals surface area contributed by atoms with Crippen molar-refractivity contribution in [2.45, 2.75) is 6.61 Å². The first-order valence-corrected chi connectivity index (χ1v) is 9.85. The molecule has 0 unspecified atom stereocenters. The van der Waals surface area contributed by atoms with Crippen LogP contribution in [0.15, 0.2) is 96.1 Å². The molecule has 0 saturated carbocycles. The van der Waals surface area contributed by atoms with Gasteiger partial charge in [0.05, 0.1) is 6.21 Å². The zero-order valence-electron chi connectivity index (χ0n) is 16.1. The number of hydrogen-bond acceptors (Lipinski definition) is 3. The number of ether oxygens (including phenoxy) is 1. The van der Waals surface area contributed by atoms with Crippen LogP contribution in [-0.2, 0) is 6.61 Å². The first-order chi connectivity index (χ1) is 14.7. The monoisotopic (exact) mass is 414 g/mol. The number of amides is 1. The van der Waals surface area contributed by atoms with E-state index in [4.69, 9.17) is 16.3 Å². The third-order valence-corrected chi connectivity index (χ3v) is 4.88. The van der Waals surface area contributed by atoms with Gasteiger partial charge in [-0.1, -0.05) is 66.2 Å². The lowest BCUT2D eigenvalue weighted by molar-refractivity contribution is 0.0955. The minimum atomic E-state index is -0.282. The molecule has 0 saturated heterocycles. The van der Waals surface area contributed by atoms with Crippen molar-refractivity contribution >= 4 is 34.5 Å². The fraction of sp³-hybridized carbons (Fsp3) is 0.0400. The Balaban J connectivity index is 1.35. The van der Waals surface area contributed by atoms with Crippen LogP contribution in [0.3, 0.4) is 0 Å².